The first-order chi connectivity index (χ1) is 8.79. The normalized spacial score (nSPS) is 16.1. The zero-order valence-corrected chi connectivity index (χ0v) is 10.6. The lowest BCUT2D eigenvalue weighted by molar-refractivity contribution is -0.119. The van der Waals surface area contributed by atoms with Crippen LogP contribution in [0.25, 0.3) is 0 Å². The molecule has 0 spiro atoms. The Morgan fingerprint density at radius 2 is 2.39 bits per heavy atom. The molecule has 6 heteroatoms. The topological polar surface area (TPSA) is 70.2 Å². The molecule has 1 aliphatic heterocycles. The van der Waals surface area contributed by atoms with E-state index >= 15 is 0 Å². The second-order valence-electron chi connectivity index (χ2n) is 4.31. The van der Waals surface area contributed by atoms with Gasteiger partial charge in [0, 0.05) is 25.7 Å². The standard InChI is InChI=1S/C12H19N5O/c1-2-4-13-10-7-11(16-9-15-10)17-6-3-5-14-12(18)8-17/h7,9H,2-6,8H2,1H3,(H,14,18)(H,13,15,16). The van der Waals surface area contributed by atoms with E-state index in [2.05, 4.69) is 27.5 Å². The van der Waals surface area contributed by atoms with E-state index in [0.29, 0.717) is 6.54 Å². The van der Waals surface area contributed by atoms with Crippen LogP contribution in [0.5, 0.6) is 0 Å². The van der Waals surface area contributed by atoms with Crippen molar-refractivity contribution in [3.63, 3.8) is 0 Å². The molecule has 0 atom stereocenters. The van der Waals surface area contributed by atoms with Gasteiger partial charge in [0.2, 0.25) is 5.91 Å². The molecule has 2 heterocycles. The minimum atomic E-state index is 0.0502. The third-order valence-corrected chi connectivity index (χ3v) is 2.79. The lowest BCUT2D eigenvalue weighted by atomic mass is 10.3. The SMILES string of the molecule is CCCNc1cc(N2CCCNC(=O)C2)ncn1. The van der Waals surface area contributed by atoms with E-state index in [0.717, 1.165) is 44.1 Å². The number of nitrogens with one attached hydrogen (secondary N) is 2. The van der Waals surface area contributed by atoms with Crippen LogP contribution < -0.4 is 15.5 Å². The summed E-state index contributed by atoms with van der Waals surface area (Å²) in [5.74, 6) is 1.67. The summed E-state index contributed by atoms with van der Waals surface area (Å²) in [6.07, 6.45) is 3.52. The van der Waals surface area contributed by atoms with Crippen LogP contribution in [0.2, 0.25) is 0 Å². The van der Waals surface area contributed by atoms with E-state index in [-0.39, 0.29) is 5.91 Å². The van der Waals surface area contributed by atoms with E-state index in [9.17, 15) is 4.79 Å². The molecule has 6 nitrogen and oxygen atoms in total. The first-order valence-electron chi connectivity index (χ1n) is 6.37. The van der Waals surface area contributed by atoms with Crippen molar-refractivity contribution in [2.75, 3.05) is 36.4 Å². The Bertz CT molecular complexity index is 409. The molecule has 2 N–H and O–H groups in total. The molecule has 0 aromatic carbocycles. The van der Waals surface area contributed by atoms with Crippen molar-refractivity contribution in [1.29, 1.82) is 0 Å². The summed E-state index contributed by atoms with van der Waals surface area (Å²) in [5.41, 5.74) is 0. The second-order valence-corrected chi connectivity index (χ2v) is 4.31. The van der Waals surface area contributed by atoms with Crippen LogP contribution >= 0.6 is 0 Å². The first-order valence-corrected chi connectivity index (χ1v) is 6.37. The summed E-state index contributed by atoms with van der Waals surface area (Å²) in [4.78, 5) is 21.9. The minimum absolute atomic E-state index is 0.0502. The van der Waals surface area contributed by atoms with Crippen molar-refractivity contribution in [3.8, 4) is 0 Å². The number of hydrogen-bond donors (Lipinski definition) is 2. The second kappa shape index (κ2) is 6.18. The number of carbonyl (C=O) groups is 1. The summed E-state index contributed by atoms with van der Waals surface area (Å²) < 4.78 is 0. The molecule has 0 aliphatic carbocycles. The highest BCUT2D eigenvalue weighted by atomic mass is 16.2. The summed E-state index contributed by atoms with van der Waals surface area (Å²) in [5, 5.41) is 6.08. The molecule has 1 amide bonds. The van der Waals surface area contributed by atoms with Gasteiger partial charge in [-0.3, -0.25) is 4.79 Å². The monoisotopic (exact) mass is 249 g/mol. The highest BCUT2D eigenvalue weighted by Crippen LogP contribution is 2.15. The number of anilines is 2. The fourth-order valence-corrected chi connectivity index (χ4v) is 1.87. The molecule has 98 valence electrons. The average molecular weight is 249 g/mol. The van der Waals surface area contributed by atoms with Gasteiger partial charge in [0.05, 0.1) is 6.54 Å². The zero-order valence-electron chi connectivity index (χ0n) is 10.6. The minimum Gasteiger partial charge on any atom is -0.370 e. The predicted octanol–water partition coefficient (Wildman–Crippen LogP) is 0.625. The molecule has 0 unspecified atom stereocenters. The summed E-state index contributed by atoms with van der Waals surface area (Å²) >= 11 is 0. The smallest absolute Gasteiger partial charge is 0.239 e. The van der Waals surface area contributed by atoms with E-state index in [1.54, 1.807) is 0 Å². The number of nitrogens with zero attached hydrogens (tertiary/aromatic N) is 3. The molecule has 1 aromatic heterocycles. The maximum atomic E-state index is 11.5. The Balaban J connectivity index is 2.08. The van der Waals surface area contributed by atoms with Gasteiger partial charge in [0.15, 0.2) is 0 Å². The fraction of sp³-hybridized carbons (Fsp3) is 0.583. The van der Waals surface area contributed by atoms with Crippen LogP contribution in [0.15, 0.2) is 12.4 Å². The average Bonchev–Trinajstić information content (AvgIpc) is 2.61. The largest absolute Gasteiger partial charge is 0.370 e. The van der Waals surface area contributed by atoms with Gasteiger partial charge in [-0.15, -0.1) is 0 Å². The van der Waals surface area contributed by atoms with Crippen molar-refractivity contribution in [2.45, 2.75) is 19.8 Å². The van der Waals surface area contributed by atoms with Gasteiger partial charge in [-0.25, -0.2) is 9.97 Å². The predicted molar refractivity (Wildman–Crippen MR) is 70.7 cm³/mol. The van der Waals surface area contributed by atoms with Crippen LogP contribution in [-0.2, 0) is 4.79 Å². The van der Waals surface area contributed by atoms with Gasteiger partial charge >= 0.3 is 0 Å². The highest BCUT2D eigenvalue weighted by molar-refractivity contribution is 5.81. The van der Waals surface area contributed by atoms with Crippen LogP contribution in [0, 0.1) is 0 Å². The molecule has 2 rings (SSSR count). The molecule has 1 fully saturated rings. The summed E-state index contributed by atoms with van der Waals surface area (Å²) in [6.45, 7) is 4.93. The molecule has 1 aromatic rings. The summed E-state index contributed by atoms with van der Waals surface area (Å²) in [7, 11) is 0. The molecule has 0 saturated carbocycles. The van der Waals surface area contributed by atoms with E-state index < -0.39 is 0 Å². The lowest BCUT2D eigenvalue weighted by Crippen LogP contribution is -2.33. The van der Waals surface area contributed by atoms with Gasteiger partial charge in [-0.1, -0.05) is 6.92 Å². The first kappa shape index (κ1) is 12.6. The summed E-state index contributed by atoms with van der Waals surface area (Å²) in [6, 6.07) is 1.90. The molecular weight excluding hydrogens is 230 g/mol. The van der Waals surface area contributed by atoms with Gasteiger partial charge in [0.25, 0.3) is 0 Å². The van der Waals surface area contributed by atoms with Crippen molar-refractivity contribution in [2.24, 2.45) is 0 Å². The van der Waals surface area contributed by atoms with Crippen molar-refractivity contribution in [1.82, 2.24) is 15.3 Å². The highest BCUT2D eigenvalue weighted by Gasteiger charge is 2.16. The number of hydrogen-bond acceptors (Lipinski definition) is 5. The number of amides is 1. The molecule has 1 saturated heterocycles. The van der Waals surface area contributed by atoms with E-state index in [4.69, 9.17) is 0 Å². The fourth-order valence-electron chi connectivity index (χ4n) is 1.87. The quantitative estimate of drug-likeness (QED) is 0.819. The molecule has 18 heavy (non-hydrogen) atoms. The van der Waals surface area contributed by atoms with Gasteiger partial charge < -0.3 is 15.5 Å². The van der Waals surface area contributed by atoms with E-state index in [1.807, 2.05) is 11.0 Å². The van der Waals surface area contributed by atoms with E-state index in [1.165, 1.54) is 6.33 Å². The van der Waals surface area contributed by atoms with Crippen molar-refractivity contribution >= 4 is 17.5 Å². The number of aromatic nitrogens is 2. The zero-order chi connectivity index (χ0) is 12.8. The lowest BCUT2D eigenvalue weighted by Gasteiger charge is -2.20. The van der Waals surface area contributed by atoms with Crippen LogP contribution in [0.4, 0.5) is 11.6 Å². The Morgan fingerprint density at radius 1 is 1.50 bits per heavy atom. The number of rotatable bonds is 4. The molecule has 0 radical (unpaired) electrons. The van der Waals surface area contributed by atoms with Gasteiger partial charge in [-0.05, 0) is 12.8 Å². The Kier molecular flexibility index (Phi) is 4.33. The maximum absolute atomic E-state index is 11.5. The van der Waals surface area contributed by atoms with Crippen molar-refractivity contribution < 1.29 is 4.79 Å². The number of carbonyl (C=O) groups excluding carboxylic acids is 1. The molecule has 1 aliphatic rings. The van der Waals surface area contributed by atoms with Gasteiger partial charge in [0.1, 0.15) is 18.0 Å². The Labute approximate surface area is 107 Å². The van der Waals surface area contributed by atoms with Crippen molar-refractivity contribution in [3.05, 3.63) is 12.4 Å². The Morgan fingerprint density at radius 3 is 3.22 bits per heavy atom. The van der Waals surface area contributed by atoms with Crippen LogP contribution in [0.1, 0.15) is 19.8 Å². The van der Waals surface area contributed by atoms with Gasteiger partial charge in [-0.2, -0.15) is 0 Å². The van der Waals surface area contributed by atoms with Crippen LogP contribution in [0.3, 0.4) is 0 Å². The molecular formula is C12H19N5O. The molecule has 0 bridgehead atoms. The third-order valence-electron chi connectivity index (χ3n) is 2.79. The van der Waals surface area contributed by atoms with Crippen LogP contribution in [-0.4, -0.2) is 42.1 Å². The third kappa shape index (κ3) is 3.32. The maximum Gasteiger partial charge on any atom is 0.239 e. The Hall–Kier alpha value is -1.85.